The molecule has 0 bridgehead atoms. The molecule has 18 aromatic carbocycles. The number of hydrogen-bond donors (Lipinski definition) is 0. The van der Waals surface area contributed by atoms with E-state index in [4.69, 9.17) is 59.8 Å². The van der Waals surface area contributed by atoms with Gasteiger partial charge in [-0.3, -0.25) is 13.7 Å². The minimum Gasteiger partial charge on any atom is -0.294 e. The summed E-state index contributed by atoms with van der Waals surface area (Å²) in [5.41, 5.74) is 21.8. The third-order valence-electron chi connectivity index (χ3n) is 28.0. The first-order chi connectivity index (χ1) is 74.3. The Morgan fingerprint density at radius 3 is 0.780 bits per heavy atom. The lowest BCUT2D eigenvalue weighted by Crippen LogP contribution is -2.05. The molecule has 0 aliphatic heterocycles. The van der Waals surface area contributed by atoms with Crippen LogP contribution in [0, 0.1) is 0 Å². The molecule has 30 rings (SSSR count). The lowest BCUT2D eigenvalue weighted by Gasteiger charge is -2.13. The molecule has 0 fully saturated rings. The van der Waals surface area contributed by atoms with E-state index >= 15 is 0 Å². The molecular formula is C132H81N15S3. The molecule has 0 radical (unpaired) electrons. The van der Waals surface area contributed by atoms with Gasteiger partial charge >= 0.3 is 0 Å². The van der Waals surface area contributed by atoms with Crippen molar-refractivity contribution in [3.63, 3.8) is 0 Å². The number of hydrogen-bond acceptors (Lipinski definition) is 15. The Bertz CT molecular complexity index is 10300. The van der Waals surface area contributed by atoms with E-state index < -0.39 is 0 Å². The lowest BCUT2D eigenvalue weighted by atomic mass is 10.0. The van der Waals surface area contributed by atoms with Crippen LogP contribution in [0.25, 0.3) is 279 Å². The van der Waals surface area contributed by atoms with E-state index in [1.165, 1.54) is 115 Å². The van der Waals surface area contributed by atoms with Crippen molar-refractivity contribution < 1.29 is 0 Å². The second-order valence-electron chi connectivity index (χ2n) is 37.0. The fourth-order valence-electron chi connectivity index (χ4n) is 20.8. The molecule has 12 heterocycles. The SMILES string of the molecule is c1ccc(-c2nc(-c3ccccc3)nc(-c3ccc(-n4c5ccccc5c5cc(-c6ccc7sc8ccccc8c7c6)ccc54)nc3)n2)cc1.c1ccc(-c2nc(-c3ccccc3)nc(-c3cccnc3-n3c4ccccc4c4cc(-c5ccc6sc7ccccc7c6c5)ccc43)n2)cc1.c1ccc(-c2nc(-c3ccccc3)nc(-c3ccnc(-n4c5ccccc5c5cc(-c6ccc7sc8ccccc8c7c6)ccc54)c3)n2)cc1. The molecule has 0 saturated carbocycles. The summed E-state index contributed by atoms with van der Waals surface area (Å²) in [6.45, 7) is 0. The monoisotopic (exact) mass is 1970 g/mol. The lowest BCUT2D eigenvalue weighted by molar-refractivity contribution is 1.04. The highest BCUT2D eigenvalue weighted by molar-refractivity contribution is 7.26. The summed E-state index contributed by atoms with van der Waals surface area (Å²) < 4.78 is 14.6. The minimum atomic E-state index is 0.569. The zero-order valence-corrected chi connectivity index (χ0v) is 82.6. The Morgan fingerprint density at radius 1 is 0.147 bits per heavy atom. The number of aromatic nitrogens is 15. The standard InChI is InChI=1S/3C44H27N5S/c1-3-12-28(13-4-1)41-46-42(29-14-5-2-6-15-29)48-43(47-41)34-18-11-25-45-44(34)49-37-19-9-7-16-32(37)35-26-30(21-23-38(35)49)31-22-24-40-36(27-31)33-17-8-10-20-39(33)50-40;1-3-11-28(12-4-1)42-46-43(29-13-5-2-6-14-29)48-44(47-42)32-21-24-41(45-27-32)49-37-17-9-7-15-33(37)35-25-30(19-22-38(35)49)31-20-23-40-36(26-31)34-16-8-10-18-39(34)50-40;1-3-11-28(12-4-1)42-46-43(29-13-5-2-6-14-29)48-44(47-42)32-23-24-45-41(27-32)49-37-17-9-7-15-33(37)35-25-30(19-21-38(35)49)31-20-22-40-36(26-31)34-16-8-10-18-39(34)50-40/h3*1-27H. The fraction of sp³-hybridized carbons (Fsp3) is 0. The Balaban J connectivity index is 0.000000108. The molecule has 150 heavy (non-hydrogen) atoms. The highest BCUT2D eigenvalue weighted by Gasteiger charge is 2.26. The summed E-state index contributed by atoms with van der Waals surface area (Å²) in [4.78, 5) is 59.4. The van der Waals surface area contributed by atoms with Crippen LogP contribution in [0.2, 0.25) is 0 Å². The van der Waals surface area contributed by atoms with Crippen molar-refractivity contribution in [2.45, 2.75) is 0 Å². The topological polar surface area (TPSA) is 169 Å². The summed E-state index contributed by atoms with van der Waals surface area (Å²) in [6.07, 6.45) is 5.55. The predicted molar refractivity (Wildman–Crippen MR) is 620 cm³/mol. The van der Waals surface area contributed by atoms with Crippen molar-refractivity contribution in [3.8, 4) is 153 Å². The number of fused-ring (bicyclic) bond motifs is 18. The molecule has 30 aromatic rings. The molecule has 0 spiro atoms. The van der Waals surface area contributed by atoms with E-state index in [0.29, 0.717) is 52.4 Å². The molecule has 18 heteroatoms. The summed E-state index contributed by atoms with van der Waals surface area (Å²) >= 11 is 5.54. The molecule has 0 amide bonds. The zero-order chi connectivity index (χ0) is 99.1. The molecule has 15 nitrogen and oxygen atoms in total. The van der Waals surface area contributed by atoms with Gasteiger partial charge in [-0.1, -0.05) is 328 Å². The number of nitrogens with zero attached hydrogens (tertiary/aromatic N) is 15. The maximum absolute atomic E-state index is 5.05. The fourth-order valence-corrected chi connectivity index (χ4v) is 24.0. The molecule has 0 unspecified atom stereocenters. The highest BCUT2D eigenvalue weighted by atomic mass is 32.1. The Morgan fingerprint density at radius 2 is 0.420 bits per heavy atom. The van der Waals surface area contributed by atoms with Gasteiger partial charge < -0.3 is 0 Å². The number of thiophene rings is 3. The van der Waals surface area contributed by atoms with Crippen LogP contribution < -0.4 is 0 Å². The van der Waals surface area contributed by atoms with Crippen molar-refractivity contribution in [1.82, 2.24) is 73.5 Å². The van der Waals surface area contributed by atoms with Crippen LogP contribution in [0.5, 0.6) is 0 Å². The highest BCUT2D eigenvalue weighted by Crippen LogP contribution is 2.46. The Labute approximate surface area is 871 Å². The van der Waals surface area contributed by atoms with Crippen molar-refractivity contribution in [1.29, 1.82) is 0 Å². The average Bonchev–Trinajstić information content (AvgIpc) is 1.59. The molecule has 12 aromatic heterocycles. The molecule has 702 valence electrons. The maximum Gasteiger partial charge on any atom is 0.167 e. The van der Waals surface area contributed by atoms with Gasteiger partial charge in [0.1, 0.15) is 17.5 Å². The molecule has 0 saturated heterocycles. The van der Waals surface area contributed by atoms with Crippen molar-refractivity contribution in [2.75, 3.05) is 0 Å². The van der Waals surface area contributed by atoms with E-state index in [1.54, 1.807) is 0 Å². The van der Waals surface area contributed by atoms with Gasteiger partial charge in [0.25, 0.3) is 0 Å². The van der Waals surface area contributed by atoms with Crippen LogP contribution in [0.1, 0.15) is 0 Å². The zero-order valence-electron chi connectivity index (χ0n) is 80.2. The third-order valence-corrected chi connectivity index (χ3v) is 31.4. The molecule has 0 N–H and O–H groups in total. The predicted octanol–water partition coefficient (Wildman–Crippen LogP) is 34.2. The van der Waals surface area contributed by atoms with Crippen LogP contribution in [0.4, 0.5) is 0 Å². The number of pyridine rings is 3. The summed E-state index contributed by atoms with van der Waals surface area (Å²) in [5.74, 6) is 7.90. The molecule has 0 aliphatic carbocycles. The number of rotatable bonds is 15. The Kier molecular flexibility index (Phi) is 22.1. The van der Waals surface area contributed by atoms with Gasteiger partial charge in [0.2, 0.25) is 0 Å². The quantitative estimate of drug-likeness (QED) is 0.0953. The van der Waals surface area contributed by atoms with Gasteiger partial charge in [0.15, 0.2) is 52.4 Å². The maximum atomic E-state index is 5.05. The van der Waals surface area contributed by atoms with E-state index in [9.17, 15) is 0 Å². The first kappa shape index (κ1) is 88.2. The van der Waals surface area contributed by atoms with Gasteiger partial charge in [0.05, 0.1) is 38.7 Å². The van der Waals surface area contributed by atoms with Crippen LogP contribution in [0.3, 0.4) is 0 Å². The molecule has 0 aliphatic rings. The molecule has 0 atom stereocenters. The van der Waals surface area contributed by atoms with Crippen molar-refractivity contribution >= 4 is 160 Å². The van der Waals surface area contributed by atoms with E-state index in [0.717, 1.165) is 111 Å². The first-order valence-corrected chi connectivity index (χ1v) is 52.1. The van der Waals surface area contributed by atoms with Crippen LogP contribution in [-0.2, 0) is 0 Å². The van der Waals surface area contributed by atoms with E-state index in [-0.39, 0.29) is 0 Å². The normalized spacial score (nSPS) is 11.6. The Hall–Kier alpha value is -19.5. The summed E-state index contributed by atoms with van der Waals surface area (Å²) in [6, 6.07) is 165. The summed E-state index contributed by atoms with van der Waals surface area (Å²) in [5, 5.41) is 14.9. The number of benzene rings is 18. The van der Waals surface area contributed by atoms with Gasteiger partial charge in [-0.2, -0.15) is 0 Å². The minimum absolute atomic E-state index is 0.569. The van der Waals surface area contributed by atoms with Gasteiger partial charge in [0, 0.05) is 156 Å². The smallest absolute Gasteiger partial charge is 0.167 e. The first-order valence-electron chi connectivity index (χ1n) is 49.7. The van der Waals surface area contributed by atoms with Crippen LogP contribution >= 0.6 is 34.0 Å². The second kappa shape index (κ2) is 37.6. The van der Waals surface area contributed by atoms with Crippen LogP contribution in [0.15, 0.2) is 492 Å². The van der Waals surface area contributed by atoms with Gasteiger partial charge in [-0.05, 0) is 179 Å². The van der Waals surface area contributed by atoms with Crippen molar-refractivity contribution in [2.24, 2.45) is 0 Å². The third kappa shape index (κ3) is 16.2. The average molecular weight is 1970 g/mol. The van der Waals surface area contributed by atoms with Gasteiger partial charge in [-0.15, -0.1) is 34.0 Å². The van der Waals surface area contributed by atoms with E-state index in [2.05, 4.69) is 293 Å². The van der Waals surface area contributed by atoms with E-state index in [1.807, 2.05) is 247 Å². The number of para-hydroxylation sites is 3. The van der Waals surface area contributed by atoms with Crippen molar-refractivity contribution in [3.05, 3.63) is 492 Å². The van der Waals surface area contributed by atoms with Gasteiger partial charge in [-0.25, -0.2) is 59.8 Å². The summed E-state index contributed by atoms with van der Waals surface area (Å²) in [7, 11) is 0. The molecular weight excluding hydrogens is 1890 g/mol. The van der Waals surface area contributed by atoms with Crippen LogP contribution in [-0.4, -0.2) is 73.5 Å². The second-order valence-corrected chi connectivity index (χ2v) is 40.2. The largest absolute Gasteiger partial charge is 0.294 e.